The molecule has 8 atom stereocenters. The van der Waals surface area contributed by atoms with Crippen LogP contribution in [-0.2, 0) is 4.74 Å². The molecular weight excluding hydrogens is 577 g/mol. The standard InChI is InChI=1S/C38H57F3O2S/c1-10-32(3,4)24-43-34(6)20-17-30-31-27(16-19-33(30,5)23-34)29-18-21-38(42,36(8,39)37(9,40)41)35(29,7)22-28(31)25-12-14-26(15-13-25)44-11-2/h12-15,27-29,42H,10-11,16-24H2,1-9H3/t27?,28?,29?,33-,34?,35?,36?,38-/m0/s1. The minimum absolute atomic E-state index is 0.000846. The van der Waals surface area contributed by atoms with Crippen LogP contribution in [0.25, 0.3) is 0 Å². The molecule has 0 saturated heterocycles. The number of halogens is 3. The van der Waals surface area contributed by atoms with Gasteiger partial charge in [-0.05, 0) is 118 Å². The minimum Gasteiger partial charge on any atom is -0.386 e. The van der Waals surface area contributed by atoms with Crippen LogP contribution in [0, 0.1) is 28.1 Å². The quantitative estimate of drug-likeness (QED) is 0.216. The lowest BCUT2D eigenvalue weighted by molar-refractivity contribution is -0.252. The summed E-state index contributed by atoms with van der Waals surface area (Å²) < 4.78 is 53.0. The summed E-state index contributed by atoms with van der Waals surface area (Å²) in [6.45, 7) is 17.9. The molecule has 1 aromatic carbocycles. The maximum atomic E-state index is 16.4. The highest BCUT2D eigenvalue weighted by atomic mass is 32.2. The Bertz CT molecular complexity index is 1250. The summed E-state index contributed by atoms with van der Waals surface area (Å²) in [5.74, 6) is -2.57. The number of rotatable bonds is 9. The number of alkyl halides is 3. The highest BCUT2D eigenvalue weighted by molar-refractivity contribution is 7.99. The molecule has 0 aromatic heterocycles. The molecule has 2 nitrogen and oxygen atoms in total. The molecule has 0 spiro atoms. The van der Waals surface area contributed by atoms with Crippen molar-refractivity contribution < 1.29 is 23.0 Å². The number of aliphatic hydroxyl groups is 1. The van der Waals surface area contributed by atoms with E-state index in [0.29, 0.717) is 19.8 Å². The molecule has 4 aliphatic rings. The number of benzene rings is 1. The number of fused-ring (bicyclic) bond motifs is 4. The first-order valence-corrected chi connectivity index (χ1v) is 18.1. The molecule has 0 radical (unpaired) electrons. The van der Waals surface area contributed by atoms with E-state index in [-0.39, 0.29) is 40.6 Å². The Balaban J connectivity index is 1.59. The molecule has 1 aromatic rings. The maximum absolute atomic E-state index is 16.4. The minimum atomic E-state index is -3.65. The van der Waals surface area contributed by atoms with Crippen LogP contribution in [0.4, 0.5) is 13.2 Å². The zero-order valence-electron chi connectivity index (χ0n) is 28.7. The van der Waals surface area contributed by atoms with Gasteiger partial charge in [0.1, 0.15) is 5.60 Å². The number of hydrogen-bond acceptors (Lipinski definition) is 3. The first kappa shape index (κ1) is 34.4. The van der Waals surface area contributed by atoms with Crippen LogP contribution in [0.15, 0.2) is 40.3 Å². The van der Waals surface area contributed by atoms with E-state index in [1.165, 1.54) is 16.0 Å². The van der Waals surface area contributed by atoms with Crippen molar-refractivity contribution in [1.29, 1.82) is 0 Å². The lowest BCUT2D eigenvalue weighted by Crippen LogP contribution is -2.66. The molecule has 3 saturated carbocycles. The predicted molar refractivity (Wildman–Crippen MR) is 176 cm³/mol. The topological polar surface area (TPSA) is 29.5 Å². The molecule has 3 fully saturated rings. The van der Waals surface area contributed by atoms with E-state index in [1.807, 2.05) is 6.92 Å². The maximum Gasteiger partial charge on any atom is 0.281 e. The average molecular weight is 635 g/mol. The number of thioether (sulfide) groups is 1. The number of ether oxygens (including phenoxy) is 1. The fraction of sp³-hybridized carbons (Fsp3) is 0.789. The third-order valence-corrected chi connectivity index (χ3v) is 14.1. The zero-order valence-corrected chi connectivity index (χ0v) is 29.5. The molecule has 4 aliphatic carbocycles. The van der Waals surface area contributed by atoms with Gasteiger partial charge in [-0.15, -0.1) is 11.8 Å². The van der Waals surface area contributed by atoms with E-state index < -0.39 is 22.6 Å². The fourth-order valence-corrected chi connectivity index (χ4v) is 10.6. The first-order valence-electron chi connectivity index (χ1n) is 17.2. The molecular formula is C38H57F3O2S. The van der Waals surface area contributed by atoms with Gasteiger partial charge in [0.25, 0.3) is 5.92 Å². The molecule has 0 heterocycles. The Labute approximate surface area is 269 Å². The van der Waals surface area contributed by atoms with Crippen LogP contribution in [0.1, 0.15) is 132 Å². The van der Waals surface area contributed by atoms with Gasteiger partial charge in [-0.3, -0.25) is 0 Å². The summed E-state index contributed by atoms with van der Waals surface area (Å²) in [4.78, 5) is 1.21. The van der Waals surface area contributed by atoms with Gasteiger partial charge in [0.05, 0.1) is 12.2 Å². The van der Waals surface area contributed by atoms with E-state index in [1.54, 1.807) is 11.8 Å². The van der Waals surface area contributed by atoms with Crippen molar-refractivity contribution in [2.75, 3.05) is 12.4 Å². The van der Waals surface area contributed by atoms with Gasteiger partial charge < -0.3 is 9.84 Å². The average Bonchev–Trinajstić information content (AvgIpc) is 3.22. The van der Waals surface area contributed by atoms with Crippen molar-refractivity contribution in [1.82, 2.24) is 0 Å². The Morgan fingerprint density at radius 2 is 1.61 bits per heavy atom. The monoisotopic (exact) mass is 634 g/mol. The van der Waals surface area contributed by atoms with Crippen LogP contribution in [-0.4, -0.2) is 40.3 Å². The Hall–Kier alpha value is -0.980. The number of hydrogen-bond donors (Lipinski definition) is 1. The second kappa shape index (κ2) is 11.3. The molecule has 5 rings (SSSR count). The van der Waals surface area contributed by atoms with Crippen LogP contribution >= 0.6 is 11.8 Å². The summed E-state index contributed by atoms with van der Waals surface area (Å²) in [5.41, 5.74) is -2.00. The second-order valence-corrected chi connectivity index (χ2v) is 18.0. The van der Waals surface area contributed by atoms with Gasteiger partial charge in [0.15, 0.2) is 5.67 Å². The largest absolute Gasteiger partial charge is 0.386 e. The van der Waals surface area contributed by atoms with E-state index in [4.69, 9.17) is 4.74 Å². The molecule has 44 heavy (non-hydrogen) atoms. The van der Waals surface area contributed by atoms with Crippen molar-refractivity contribution in [2.45, 2.75) is 154 Å². The van der Waals surface area contributed by atoms with Gasteiger partial charge in [0.2, 0.25) is 0 Å². The molecule has 6 heteroatoms. The Morgan fingerprint density at radius 3 is 2.20 bits per heavy atom. The van der Waals surface area contributed by atoms with Crippen LogP contribution < -0.4 is 0 Å². The van der Waals surface area contributed by atoms with E-state index in [2.05, 4.69) is 65.8 Å². The highest BCUT2D eigenvalue weighted by Gasteiger charge is 2.74. The molecule has 0 aliphatic heterocycles. The smallest absolute Gasteiger partial charge is 0.281 e. The fourth-order valence-electron chi connectivity index (χ4n) is 9.95. The van der Waals surface area contributed by atoms with Crippen LogP contribution in [0.3, 0.4) is 0 Å². The summed E-state index contributed by atoms with van der Waals surface area (Å²) in [6, 6.07) is 8.73. The van der Waals surface area contributed by atoms with Crippen molar-refractivity contribution in [3.05, 3.63) is 41.0 Å². The van der Waals surface area contributed by atoms with Crippen LogP contribution in [0.5, 0.6) is 0 Å². The van der Waals surface area contributed by atoms with Crippen molar-refractivity contribution in [2.24, 2.45) is 28.1 Å². The lowest BCUT2D eigenvalue weighted by atomic mass is 9.46. The van der Waals surface area contributed by atoms with E-state index in [0.717, 1.165) is 63.4 Å². The summed E-state index contributed by atoms with van der Waals surface area (Å²) >= 11 is 1.80. The SMILES string of the molecule is CCSc1ccc(C2CC3(C)C(CC[C@@]3(O)C(C)(F)C(C)(F)F)C3CC[C@@]4(C)CC(C)(OCC(C)(C)CC)CCC4=C23)cc1. The number of allylic oxidation sites excluding steroid dienone is 2. The summed E-state index contributed by atoms with van der Waals surface area (Å²) in [7, 11) is 0. The molecule has 0 amide bonds. The van der Waals surface area contributed by atoms with Crippen molar-refractivity contribution >= 4 is 11.8 Å². The van der Waals surface area contributed by atoms with Gasteiger partial charge in [-0.1, -0.05) is 64.8 Å². The van der Waals surface area contributed by atoms with Crippen molar-refractivity contribution in [3.63, 3.8) is 0 Å². The zero-order chi connectivity index (χ0) is 32.6. The predicted octanol–water partition coefficient (Wildman–Crippen LogP) is 10.9. The molecule has 0 bridgehead atoms. The van der Waals surface area contributed by atoms with Gasteiger partial charge in [0, 0.05) is 23.2 Å². The van der Waals surface area contributed by atoms with Gasteiger partial charge >= 0.3 is 0 Å². The highest BCUT2D eigenvalue weighted by Crippen LogP contribution is 2.71. The van der Waals surface area contributed by atoms with Gasteiger partial charge in [-0.25, -0.2) is 13.2 Å². The molecule has 6 unspecified atom stereocenters. The third kappa shape index (κ3) is 5.43. The first-order chi connectivity index (χ1) is 20.3. The lowest BCUT2D eigenvalue weighted by Gasteiger charge is -2.60. The van der Waals surface area contributed by atoms with Gasteiger partial charge in [-0.2, -0.15) is 0 Å². The second-order valence-electron chi connectivity index (χ2n) is 16.6. The van der Waals surface area contributed by atoms with E-state index >= 15 is 4.39 Å². The molecule has 1 N–H and O–H groups in total. The molecule has 248 valence electrons. The van der Waals surface area contributed by atoms with Crippen LogP contribution in [0.2, 0.25) is 0 Å². The Kier molecular flexibility index (Phi) is 8.84. The summed E-state index contributed by atoms with van der Waals surface area (Å²) in [6.07, 6.45) is 7.04. The normalized spacial score (nSPS) is 39.0. The van der Waals surface area contributed by atoms with E-state index in [9.17, 15) is 13.9 Å². The summed E-state index contributed by atoms with van der Waals surface area (Å²) in [5, 5.41) is 12.2. The van der Waals surface area contributed by atoms with Crippen molar-refractivity contribution in [3.8, 4) is 0 Å². The Morgan fingerprint density at radius 1 is 0.955 bits per heavy atom. The third-order valence-electron chi connectivity index (χ3n) is 13.2.